The fraction of sp³-hybridized carbons (Fsp3) is 0.278. The zero-order chi connectivity index (χ0) is 17.8. The maximum absolute atomic E-state index is 12.2. The highest BCUT2D eigenvalue weighted by Crippen LogP contribution is 2.14. The SMILES string of the molecule is CCc1cc(=O)oc2nc(OCCOc3cccc(C)c3)[nH]c(=O)c12. The molecule has 3 aromatic rings. The second-order valence-corrected chi connectivity index (χ2v) is 5.51. The second kappa shape index (κ2) is 7.21. The van der Waals surface area contributed by atoms with Gasteiger partial charge >= 0.3 is 5.63 Å². The molecule has 0 spiro atoms. The third kappa shape index (κ3) is 3.88. The van der Waals surface area contributed by atoms with Crippen LogP contribution in [0.4, 0.5) is 0 Å². The molecule has 1 aromatic carbocycles. The maximum Gasteiger partial charge on any atom is 0.337 e. The summed E-state index contributed by atoms with van der Waals surface area (Å²) >= 11 is 0. The fourth-order valence-electron chi connectivity index (χ4n) is 2.48. The molecule has 0 saturated heterocycles. The minimum atomic E-state index is -0.545. The Labute approximate surface area is 143 Å². The van der Waals surface area contributed by atoms with Gasteiger partial charge in [0, 0.05) is 6.07 Å². The Hall–Kier alpha value is -3.09. The van der Waals surface area contributed by atoms with Gasteiger partial charge in [0.25, 0.3) is 11.6 Å². The van der Waals surface area contributed by atoms with Crippen molar-refractivity contribution in [2.75, 3.05) is 13.2 Å². The Morgan fingerprint density at radius 3 is 2.72 bits per heavy atom. The van der Waals surface area contributed by atoms with Gasteiger partial charge in [0.2, 0.25) is 5.71 Å². The van der Waals surface area contributed by atoms with Gasteiger partial charge < -0.3 is 13.9 Å². The molecule has 0 saturated carbocycles. The average Bonchev–Trinajstić information content (AvgIpc) is 2.57. The molecule has 130 valence electrons. The molecule has 0 unspecified atom stereocenters. The average molecular weight is 342 g/mol. The number of nitrogens with one attached hydrogen (secondary N) is 1. The molecule has 2 heterocycles. The first-order valence-electron chi connectivity index (χ1n) is 7.96. The normalized spacial score (nSPS) is 10.8. The largest absolute Gasteiger partial charge is 0.490 e. The van der Waals surface area contributed by atoms with Crippen LogP contribution in [0, 0.1) is 6.92 Å². The van der Waals surface area contributed by atoms with Gasteiger partial charge in [0.1, 0.15) is 24.3 Å². The van der Waals surface area contributed by atoms with Gasteiger partial charge in [-0.1, -0.05) is 19.1 Å². The van der Waals surface area contributed by atoms with E-state index in [0.717, 1.165) is 11.3 Å². The number of H-pyrrole nitrogens is 1. The van der Waals surface area contributed by atoms with E-state index < -0.39 is 11.2 Å². The van der Waals surface area contributed by atoms with Gasteiger partial charge in [-0.05, 0) is 36.6 Å². The smallest absolute Gasteiger partial charge is 0.337 e. The number of ether oxygens (including phenoxy) is 2. The van der Waals surface area contributed by atoms with Gasteiger partial charge in [-0.2, -0.15) is 4.98 Å². The molecular formula is C18H18N2O5. The molecule has 0 aliphatic heterocycles. The summed E-state index contributed by atoms with van der Waals surface area (Å²) in [5.74, 6) is 0.738. The zero-order valence-electron chi connectivity index (χ0n) is 14.0. The molecule has 7 heteroatoms. The van der Waals surface area contributed by atoms with Gasteiger partial charge in [-0.15, -0.1) is 0 Å². The molecule has 0 atom stereocenters. The minimum Gasteiger partial charge on any atom is -0.490 e. The van der Waals surface area contributed by atoms with Crippen LogP contribution in [0.25, 0.3) is 11.1 Å². The molecular weight excluding hydrogens is 324 g/mol. The summed E-state index contributed by atoms with van der Waals surface area (Å²) in [5, 5.41) is 0.269. The van der Waals surface area contributed by atoms with Gasteiger partial charge in [-0.3, -0.25) is 9.78 Å². The number of aromatic amines is 1. The lowest BCUT2D eigenvalue weighted by molar-refractivity contribution is 0.205. The molecule has 3 rings (SSSR count). The number of rotatable bonds is 6. The van der Waals surface area contributed by atoms with Crippen LogP contribution in [0.2, 0.25) is 0 Å². The van der Waals surface area contributed by atoms with Crippen molar-refractivity contribution in [3.05, 3.63) is 62.2 Å². The number of nitrogens with zero attached hydrogens (tertiary/aromatic N) is 1. The summed E-state index contributed by atoms with van der Waals surface area (Å²) in [7, 11) is 0. The van der Waals surface area contributed by atoms with Crippen molar-refractivity contribution in [2.24, 2.45) is 0 Å². The summed E-state index contributed by atoms with van der Waals surface area (Å²) in [4.78, 5) is 30.4. The predicted octanol–water partition coefficient (Wildman–Crippen LogP) is 2.20. The minimum absolute atomic E-state index is 0.0123. The highest BCUT2D eigenvalue weighted by Gasteiger charge is 2.12. The number of aryl methyl sites for hydroxylation is 2. The maximum atomic E-state index is 12.2. The molecule has 0 bridgehead atoms. The van der Waals surface area contributed by atoms with E-state index in [1.54, 1.807) is 0 Å². The summed E-state index contributed by atoms with van der Waals surface area (Å²) in [6.07, 6.45) is 0.525. The standard InChI is InChI=1S/C18H18N2O5/c1-3-12-10-14(21)25-17-15(12)16(22)19-18(20-17)24-8-7-23-13-6-4-5-11(2)9-13/h4-6,9-10H,3,7-8H2,1-2H3,(H,19,20,22). The van der Waals surface area contributed by atoms with Crippen LogP contribution in [0.3, 0.4) is 0 Å². The van der Waals surface area contributed by atoms with E-state index in [9.17, 15) is 9.59 Å². The lowest BCUT2D eigenvalue weighted by atomic mass is 10.1. The number of benzene rings is 1. The van der Waals surface area contributed by atoms with Crippen molar-refractivity contribution in [1.82, 2.24) is 9.97 Å². The number of hydrogen-bond acceptors (Lipinski definition) is 6. The highest BCUT2D eigenvalue weighted by atomic mass is 16.5. The van der Waals surface area contributed by atoms with Crippen molar-refractivity contribution in [1.29, 1.82) is 0 Å². The van der Waals surface area contributed by atoms with Crippen LogP contribution in [0.15, 0.2) is 44.3 Å². The summed E-state index contributed by atoms with van der Waals surface area (Å²) in [6.45, 7) is 4.29. The lowest BCUT2D eigenvalue weighted by Gasteiger charge is -2.08. The summed E-state index contributed by atoms with van der Waals surface area (Å²) in [5.41, 5.74) is 0.717. The Kier molecular flexibility index (Phi) is 4.83. The predicted molar refractivity (Wildman–Crippen MR) is 92.4 cm³/mol. The van der Waals surface area contributed by atoms with Crippen LogP contribution < -0.4 is 20.7 Å². The second-order valence-electron chi connectivity index (χ2n) is 5.51. The number of aromatic nitrogens is 2. The third-order valence-electron chi connectivity index (χ3n) is 3.64. The molecule has 0 fully saturated rings. The van der Waals surface area contributed by atoms with Crippen molar-refractivity contribution in [3.63, 3.8) is 0 Å². The number of fused-ring (bicyclic) bond motifs is 1. The van der Waals surface area contributed by atoms with Gasteiger partial charge in [-0.25, -0.2) is 4.79 Å². The molecule has 0 amide bonds. The van der Waals surface area contributed by atoms with Crippen LogP contribution in [0.5, 0.6) is 11.8 Å². The first-order chi connectivity index (χ1) is 12.1. The van der Waals surface area contributed by atoms with Gasteiger partial charge in [0.15, 0.2) is 0 Å². The van der Waals surface area contributed by atoms with Crippen LogP contribution in [-0.4, -0.2) is 23.2 Å². The quantitative estimate of drug-likeness (QED) is 0.690. The van der Waals surface area contributed by atoms with Crippen molar-refractivity contribution in [3.8, 4) is 11.8 Å². The Balaban J connectivity index is 1.72. The van der Waals surface area contributed by atoms with Crippen LogP contribution in [0.1, 0.15) is 18.1 Å². The molecule has 0 aliphatic rings. The molecule has 7 nitrogen and oxygen atoms in total. The van der Waals surface area contributed by atoms with Crippen molar-refractivity contribution < 1.29 is 13.9 Å². The molecule has 0 radical (unpaired) electrons. The van der Waals surface area contributed by atoms with E-state index in [1.807, 2.05) is 38.1 Å². The van der Waals surface area contributed by atoms with Crippen LogP contribution in [-0.2, 0) is 6.42 Å². The van der Waals surface area contributed by atoms with Gasteiger partial charge in [0.05, 0.1) is 0 Å². The third-order valence-corrected chi connectivity index (χ3v) is 3.64. The van der Waals surface area contributed by atoms with E-state index in [2.05, 4.69) is 9.97 Å². The summed E-state index contributed by atoms with van der Waals surface area (Å²) in [6, 6.07) is 8.94. The Morgan fingerprint density at radius 2 is 1.96 bits per heavy atom. The topological polar surface area (TPSA) is 94.4 Å². The molecule has 25 heavy (non-hydrogen) atoms. The highest BCUT2D eigenvalue weighted by molar-refractivity contribution is 5.75. The van der Waals surface area contributed by atoms with E-state index in [4.69, 9.17) is 13.9 Å². The van der Waals surface area contributed by atoms with E-state index in [0.29, 0.717) is 12.0 Å². The first-order valence-corrected chi connectivity index (χ1v) is 7.96. The Bertz CT molecular complexity index is 1010. The molecule has 0 aliphatic carbocycles. The monoisotopic (exact) mass is 342 g/mol. The van der Waals surface area contributed by atoms with Crippen molar-refractivity contribution in [2.45, 2.75) is 20.3 Å². The fourth-order valence-corrected chi connectivity index (χ4v) is 2.48. The molecule has 1 N–H and O–H groups in total. The van der Waals surface area contributed by atoms with E-state index >= 15 is 0 Å². The van der Waals surface area contributed by atoms with Crippen molar-refractivity contribution >= 4 is 11.1 Å². The Morgan fingerprint density at radius 1 is 1.16 bits per heavy atom. The van der Waals surface area contributed by atoms with E-state index in [-0.39, 0.29) is 30.3 Å². The zero-order valence-corrected chi connectivity index (χ0v) is 14.0. The number of hydrogen-bond donors (Lipinski definition) is 1. The molecule has 2 aromatic heterocycles. The first kappa shape index (κ1) is 16.8. The summed E-state index contributed by atoms with van der Waals surface area (Å²) < 4.78 is 16.0. The van der Waals surface area contributed by atoms with E-state index in [1.165, 1.54) is 6.07 Å². The lowest BCUT2D eigenvalue weighted by Crippen LogP contribution is -2.17. The van der Waals surface area contributed by atoms with Crippen LogP contribution >= 0.6 is 0 Å².